The Hall–Kier alpha value is -5.58. The van der Waals surface area contributed by atoms with Crippen molar-refractivity contribution in [2.45, 2.75) is 116 Å². The number of hydrogen-bond donors (Lipinski definition) is 9. The van der Waals surface area contributed by atoms with Gasteiger partial charge in [-0.2, -0.15) is 0 Å². The zero-order valence-corrected chi connectivity index (χ0v) is 33.0. The maximum absolute atomic E-state index is 14.0. The van der Waals surface area contributed by atoms with Gasteiger partial charge in [0.15, 0.2) is 0 Å². The summed E-state index contributed by atoms with van der Waals surface area (Å²) >= 11 is 0. The van der Waals surface area contributed by atoms with Gasteiger partial charge in [0.05, 0.1) is 18.7 Å². The molecule has 2 aromatic heterocycles. The minimum absolute atomic E-state index is 0.000813. The Morgan fingerprint density at radius 1 is 0.643 bits per heavy atom. The van der Waals surface area contributed by atoms with Crippen molar-refractivity contribution in [3.8, 4) is 0 Å². The van der Waals surface area contributed by atoms with Crippen molar-refractivity contribution in [2.75, 3.05) is 0 Å². The number of benzene rings is 1. The van der Waals surface area contributed by atoms with E-state index < -0.39 is 77.7 Å². The number of nitrogens with zero attached hydrogens (tertiary/aromatic N) is 2. The minimum Gasteiger partial charge on any atom is -0.480 e. The number of hydrogen-bond acceptors (Lipinski definition) is 9. The largest absolute Gasteiger partial charge is 0.480 e. The average molecular weight is 779 g/mol. The van der Waals surface area contributed by atoms with E-state index in [1.165, 1.54) is 25.0 Å². The molecule has 0 aliphatic heterocycles. The maximum atomic E-state index is 14.0. The molecule has 1 aromatic carbocycles. The second-order valence-corrected chi connectivity index (χ2v) is 15.1. The first-order valence-corrected chi connectivity index (χ1v) is 19.1. The van der Waals surface area contributed by atoms with E-state index >= 15 is 0 Å². The van der Waals surface area contributed by atoms with Crippen LogP contribution in [0.1, 0.15) is 77.8 Å². The van der Waals surface area contributed by atoms with E-state index in [9.17, 15) is 33.9 Å². The second kappa shape index (κ2) is 22.1. The zero-order chi connectivity index (χ0) is 41.4. The molecule has 10 N–H and O–H groups in total. The summed E-state index contributed by atoms with van der Waals surface area (Å²) in [5.41, 5.74) is 8.09. The number of amides is 5. The topological polar surface area (TPSA) is 266 Å². The Labute approximate surface area is 327 Å². The van der Waals surface area contributed by atoms with E-state index in [-0.39, 0.29) is 43.9 Å². The quantitative estimate of drug-likeness (QED) is 0.0663. The molecule has 56 heavy (non-hydrogen) atoms. The molecule has 306 valence electrons. The lowest BCUT2D eigenvalue weighted by atomic mass is 9.98. The van der Waals surface area contributed by atoms with Crippen molar-refractivity contribution in [3.63, 3.8) is 0 Å². The number of carboxylic acid groups (broad SMARTS) is 1. The van der Waals surface area contributed by atoms with Gasteiger partial charge in [-0.25, -0.2) is 14.8 Å². The van der Waals surface area contributed by atoms with E-state index in [4.69, 9.17) is 5.73 Å². The Balaban J connectivity index is 1.83. The van der Waals surface area contributed by atoms with Crippen LogP contribution in [0.4, 0.5) is 0 Å². The third kappa shape index (κ3) is 14.6. The normalized spacial score (nSPS) is 15.1. The summed E-state index contributed by atoms with van der Waals surface area (Å²) in [4.78, 5) is 94.5. The first-order chi connectivity index (χ1) is 26.6. The van der Waals surface area contributed by atoms with Crippen molar-refractivity contribution >= 4 is 35.5 Å². The van der Waals surface area contributed by atoms with Crippen LogP contribution in [-0.2, 0) is 48.0 Å². The third-order valence-electron chi connectivity index (χ3n) is 9.32. The van der Waals surface area contributed by atoms with Gasteiger partial charge in [-0.15, -0.1) is 0 Å². The Kier molecular flexibility index (Phi) is 17.7. The predicted molar refractivity (Wildman–Crippen MR) is 208 cm³/mol. The molecule has 0 spiro atoms. The van der Waals surface area contributed by atoms with Gasteiger partial charge in [0.25, 0.3) is 0 Å². The highest BCUT2D eigenvalue weighted by atomic mass is 16.4. The number of rotatable bonds is 23. The van der Waals surface area contributed by atoms with Crippen LogP contribution in [0.25, 0.3) is 0 Å². The Morgan fingerprint density at radius 3 is 1.48 bits per heavy atom. The second-order valence-electron chi connectivity index (χ2n) is 15.1. The molecule has 5 amide bonds. The molecule has 0 radical (unpaired) electrons. The van der Waals surface area contributed by atoms with Gasteiger partial charge in [0.1, 0.15) is 30.2 Å². The van der Waals surface area contributed by atoms with E-state index in [2.05, 4.69) is 46.5 Å². The molecule has 7 atom stereocenters. The molecule has 3 rings (SSSR count). The number of aliphatic carboxylic acids is 1. The standard InChI is InChI=1S/C39H58N10O7/c1-7-24(6)33(39(55)56)49-38(54)32(17-27-19-42-21-44-27)48-37(53)31(16-26-18-41-20-43-26)47-36(52)30(14-23(4)5)46-35(51)29(13-22(2)3)45-34(50)28(40)15-25-11-9-8-10-12-25/h8-12,18-24,28-33H,7,13-17,40H2,1-6H3,(H,41,43)(H,42,44)(H,45,50)(H,46,51)(H,47,52)(H,48,53)(H,49,54)(H,55,56)/t24-,28-,29-,30-,31-,32-,33-/m0/s1. The molecule has 2 heterocycles. The van der Waals surface area contributed by atoms with Gasteiger partial charge in [-0.3, -0.25) is 24.0 Å². The Bertz CT molecular complexity index is 1700. The van der Waals surface area contributed by atoms with Gasteiger partial charge in [0.2, 0.25) is 29.5 Å². The number of H-pyrrole nitrogens is 2. The molecule has 0 saturated carbocycles. The highest BCUT2D eigenvalue weighted by Crippen LogP contribution is 2.13. The number of aromatic amines is 2. The number of carbonyl (C=O) groups is 6. The molecule has 17 nitrogen and oxygen atoms in total. The molecule has 0 unspecified atom stereocenters. The molecule has 0 aliphatic carbocycles. The van der Waals surface area contributed by atoms with Crippen LogP contribution in [0.15, 0.2) is 55.4 Å². The van der Waals surface area contributed by atoms with Crippen molar-refractivity contribution in [2.24, 2.45) is 23.5 Å². The van der Waals surface area contributed by atoms with E-state index in [1.54, 1.807) is 13.8 Å². The number of nitrogens with two attached hydrogens (primary N) is 1. The lowest BCUT2D eigenvalue weighted by Crippen LogP contribution is -2.60. The molecular formula is C39H58N10O7. The first kappa shape index (κ1) is 44.8. The van der Waals surface area contributed by atoms with Crippen LogP contribution in [0.2, 0.25) is 0 Å². The number of carbonyl (C=O) groups excluding carboxylic acids is 5. The molecule has 0 fully saturated rings. The molecule has 17 heteroatoms. The zero-order valence-electron chi connectivity index (χ0n) is 33.0. The first-order valence-electron chi connectivity index (χ1n) is 19.1. The number of carboxylic acids is 1. The summed E-state index contributed by atoms with van der Waals surface area (Å²) in [6.45, 7) is 11.1. The maximum Gasteiger partial charge on any atom is 0.326 e. The average Bonchev–Trinajstić information content (AvgIpc) is 3.87. The van der Waals surface area contributed by atoms with Crippen LogP contribution in [-0.4, -0.2) is 96.8 Å². The minimum atomic E-state index is -1.27. The molecule has 0 bridgehead atoms. The van der Waals surface area contributed by atoms with Crippen LogP contribution in [0.5, 0.6) is 0 Å². The summed E-state index contributed by atoms with van der Waals surface area (Å²) in [7, 11) is 0. The van der Waals surface area contributed by atoms with Crippen molar-refractivity contribution in [3.05, 3.63) is 72.3 Å². The van der Waals surface area contributed by atoms with Gasteiger partial charge in [-0.1, -0.05) is 78.3 Å². The molecular weight excluding hydrogens is 720 g/mol. The lowest BCUT2D eigenvalue weighted by molar-refractivity contribution is -0.143. The Morgan fingerprint density at radius 2 is 1.07 bits per heavy atom. The van der Waals surface area contributed by atoms with E-state index in [1.807, 2.05) is 58.0 Å². The summed E-state index contributed by atoms with van der Waals surface area (Å²) < 4.78 is 0. The lowest BCUT2D eigenvalue weighted by Gasteiger charge is -2.28. The summed E-state index contributed by atoms with van der Waals surface area (Å²) in [5.74, 6) is -4.93. The van der Waals surface area contributed by atoms with Gasteiger partial charge in [0, 0.05) is 36.6 Å². The van der Waals surface area contributed by atoms with Crippen LogP contribution in [0, 0.1) is 17.8 Å². The van der Waals surface area contributed by atoms with Gasteiger partial charge in [-0.05, 0) is 42.6 Å². The number of imidazole rings is 2. The van der Waals surface area contributed by atoms with Crippen LogP contribution >= 0.6 is 0 Å². The summed E-state index contributed by atoms with van der Waals surface area (Å²) in [5, 5.41) is 23.4. The van der Waals surface area contributed by atoms with Gasteiger partial charge >= 0.3 is 5.97 Å². The van der Waals surface area contributed by atoms with Crippen molar-refractivity contribution in [1.29, 1.82) is 0 Å². The summed E-state index contributed by atoms with van der Waals surface area (Å²) in [6.07, 6.45) is 6.89. The van der Waals surface area contributed by atoms with Crippen LogP contribution in [0.3, 0.4) is 0 Å². The van der Waals surface area contributed by atoms with Crippen molar-refractivity contribution in [1.82, 2.24) is 46.5 Å². The fraction of sp³-hybridized carbons (Fsp3) is 0.538. The molecule has 3 aromatic rings. The van der Waals surface area contributed by atoms with E-state index in [0.717, 1.165) is 5.56 Å². The molecule has 0 saturated heterocycles. The summed E-state index contributed by atoms with van der Waals surface area (Å²) in [6, 6.07) is 2.52. The SMILES string of the molecule is CC[C@H](C)[C@H](NC(=O)[C@H](Cc1cnc[nH]1)NC(=O)[C@H](Cc1cnc[nH]1)NC(=O)[C@H](CC(C)C)NC(=O)[C@H](CC(C)C)NC(=O)[C@@H](N)Cc1ccccc1)C(=O)O. The van der Waals surface area contributed by atoms with Gasteiger partial charge < -0.3 is 47.4 Å². The monoisotopic (exact) mass is 778 g/mol. The fourth-order valence-corrected chi connectivity index (χ4v) is 6.05. The predicted octanol–water partition coefficient (Wildman–Crippen LogP) is 1.13. The highest BCUT2D eigenvalue weighted by molar-refractivity contribution is 5.96. The third-order valence-corrected chi connectivity index (χ3v) is 9.32. The number of nitrogens with one attached hydrogen (secondary N) is 7. The smallest absolute Gasteiger partial charge is 0.326 e. The van der Waals surface area contributed by atoms with Crippen LogP contribution < -0.4 is 32.3 Å². The highest BCUT2D eigenvalue weighted by Gasteiger charge is 2.34. The van der Waals surface area contributed by atoms with E-state index in [0.29, 0.717) is 17.8 Å². The number of aromatic nitrogens is 4. The molecule has 0 aliphatic rings. The fourth-order valence-electron chi connectivity index (χ4n) is 6.05. The van der Waals surface area contributed by atoms with Crippen molar-refractivity contribution < 1.29 is 33.9 Å².